The van der Waals surface area contributed by atoms with Crippen molar-refractivity contribution in [3.8, 4) is 0 Å². The van der Waals surface area contributed by atoms with Crippen LogP contribution in [0.15, 0.2) is 41.0 Å². The highest BCUT2D eigenvalue weighted by Crippen LogP contribution is 2.11. The second-order valence-electron chi connectivity index (χ2n) is 4.09. The summed E-state index contributed by atoms with van der Waals surface area (Å²) in [6, 6.07) is 6.01. The van der Waals surface area contributed by atoms with E-state index in [0.717, 1.165) is 17.8 Å². The second kappa shape index (κ2) is 6.05. The first-order chi connectivity index (χ1) is 7.58. The van der Waals surface area contributed by atoms with Crippen LogP contribution in [-0.2, 0) is 0 Å². The molecule has 1 aromatic rings. The Hall–Kier alpha value is -1.64. The van der Waals surface area contributed by atoms with E-state index in [2.05, 4.69) is 18.8 Å². The van der Waals surface area contributed by atoms with Gasteiger partial charge in [-0.2, -0.15) is 0 Å². The number of hydrogen-bond donors (Lipinski definition) is 1. The summed E-state index contributed by atoms with van der Waals surface area (Å²) in [4.78, 5) is 4.15. The minimum absolute atomic E-state index is 0.256. The molecule has 0 aromatic heterocycles. The Labute approximate surface area is 95.7 Å². The molecule has 0 spiro atoms. The number of nitrogens with two attached hydrogens (primary N) is 1. The third-order valence-corrected chi connectivity index (χ3v) is 1.98. The summed E-state index contributed by atoms with van der Waals surface area (Å²) in [5, 5.41) is 0. The Morgan fingerprint density at radius 3 is 2.56 bits per heavy atom. The molecule has 0 atom stereocenters. The molecule has 1 aromatic carbocycles. The fraction of sp³-hybridized carbons (Fsp3) is 0.308. The largest absolute Gasteiger partial charge is 0.402 e. The SMILES string of the molecule is CC(C)C/C(N)=C/C=Nc1ccc(F)cc1. The van der Waals surface area contributed by atoms with Crippen LogP contribution in [0, 0.1) is 11.7 Å². The quantitative estimate of drug-likeness (QED) is 0.776. The average Bonchev–Trinajstić information content (AvgIpc) is 2.20. The Balaban J connectivity index is 2.57. The summed E-state index contributed by atoms with van der Waals surface area (Å²) >= 11 is 0. The summed E-state index contributed by atoms with van der Waals surface area (Å²) in [6.45, 7) is 4.22. The standard InChI is InChI=1S/C13H17FN2/c1-10(2)9-12(15)7-8-16-13-5-3-11(14)4-6-13/h3-8,10H,9,15H2,1-2H3/b12-7-,16-8?. The fourth-order valence-electron chi connectivity index (χ4n) is 1.29. The predicted octanol–water partition coefficient (Wildman–Crippen LogP) is 3.42. The van der Waals surface area contributed by atoms with Gasteiger partial charge in [0.15, 0.2) is 0 Å². The summed E-state index contributed by atoms with van der Waals surface area (Å²) in [5.41, 5.74) is 7.30. The first kappa shape index (κ1) is 12.4. The molecule has 0 aliphatic carbocycles. The number of aliphatic imine (C=N–C) groups is 1. The van der Waals surface area contributed by atoms with E-state index in [1.54, 1.807) is 24.4 Å². The van der Waals surface area contributed by atoms with E-state index < -0.39 is 0 Å². The molecule has 0 unspecified atom stereocenters. The molecule has 86 valence electrons. The van der Waals surface area contributed by atoms with Crippen LogP contribution in [-0.4, -0.2) is 6.21 Å². The zero-order valence-electron chi connectivity index (χ0n) is 9.65. The molecule has 0 amide bonds. The molecule has 16 heavy (non-hydrogen) atoms. The van der Waals surface area contributed by atoms with Gasteiger partial charge in [0, 0.05) is 11.9 Å². The molecule has 0 bridgehead atoms. The molecule has 2 N–H and O–H groups in total. The van der Waals surface area contributed by atoms with Gasteiger partial charge in [-0.05, 0) is 42.7 Å². The third kappa shape index (κ3) is 4.73. The van der Waals surface area contributed by atoms with Crippen molar-refractivity contribution in [1.29, 1.82) is 0 Å². The Morgan fingerprint density at radius 1 is 1.38 bits per heavy atom. The Bertz CT molecular complexity index is 377. The molecule has 0 aliphatic rings. The normalized spacial score (nSPS) is 12.6. The molecular formula is C13H17FN2. The molecule has 3 heteroatoms. The van der Waals surface area contributed by atoms with Gasteiger partial charge in [-0.15, -0.1) is 0 Å². The number of nitrogens with zero attached hydrogens (tertiary/aromatic N) is 1. The van der Waals surface area contributed by atoms with E-state index >= 15 is 0 Å². The maximum Gasteiger partial charge on any atom is 0.123 e. The van der Waals surface area contributed by atoms with Crippen LogP contribution < -0.4 is 5.73 Å². The van der Waals surface area contributed by atoms with Gasteiger partial charge in [-0.25, -0.2) is 4.39 Å². The smallest absolute Gasteiger partial charge is 0.123 e. The first-order valence-corrected chi connectivity index (χ1v) is 5.32. The van der Waals surface area contributed by atoms with E-state index in [1.165, 1.54) is 12.1 Å². The second-order valence-corrected chi connectivity index (χ2v) is 4.09. The van der Waals surface area contributed by atoms with Gasteiger partial charge >= 0.3 is 0 Å². The van der Waals surface area contributed by atoms with Crippen LogP contribution in [0.1, 0.15) is 20.3 Å². The van der Waals surface area contributed by atoms with E-state index in [4.69, 9.17) is 5.73 Å². The molecule has 0 saturated carbocycles. The van der Waals surface area contributed by atoms with Gasteiger partial charge in [0.05, 0.1) is 5.69 Å². The van der Waals surface area contributed by atoms with Crippen molar-refractivity contribution in [2.75, 3.05) is 0 Å². The van der Waals surface area contributed by atoms with Crippen molar-refractivity contribution in [3.63, 3.8) is 0 Å². The maximum atomic E-state index is 12.6. The maximum absolute atomic E-state index is 12.6. The van der Waals surface area contributed by atoms with Crippen LogP contribution in [0.2, 0.25) is 0 Å². The van der Waals surface area contributed by atoms with Crippen LogP contribution >= 0.6 is 0 Å². The monoisotopic (exact) mass is 220 g/mol. The summed E-state index contributed by atoms with van der Waals surface area (Å²) in [7, 11) is 0. The topological polar surface area (TPSA) is 38.4 Å². The molecular weight excluding hydrogens is 203 g/mol. The molecule has 0 radical (unpaired) electrons. The highest BCUT2D eigenvalue weighted by atomic mass is 19.1. The molecule has 0 aliphatic heterocycles. The Kier molecular flexibility index (Phi) is 4.70. The van der Waals surface area contributed by atoms with E-state index in [9.17, 15) is 4.39 Å². The fourth-order valence-corrected chi connectivity index (χ4v) is 1.29. The van der Waals surface area contributed by atoms with E-state index in [0.29, 0.717) is 5.92 Å². The molecule has 0 fully saturated rings. The summed E-state index contributed by atoms with van der Waals surface area (Å²) in [5.74, 6) is 0.282. The number of allylic oxidation sites excluding steroid dienone is 2. The summed E-state index contributed by atoms with van der Waals surface area (Å²) in [6.07, 6.45) is 4.28. The lowest BCUT2D eigenvalue weighted by Gasteiger charge is -2.02. The number of halogens is 1. The van der Waals surface area contributed by atoms with Crippen LogP contribution in [0.4, 0.5) is 10.1 Å². The average molecular weight is 220 g/mol. The molecule has 2 nitrogen and oxygen atoms in total. The van der Waals surface area contributed by atoms with Gasteiger partial charge < -0.3 is 5.73 Å². The summed E-state index contributed by atoms with van der Waals surface area (Å²) < 4.78 is 12.6. The van der Waals surface area contributed by atoms with Crippen molar-refractivity contribution < 1.29 is 4.39 Å². The van der Waals surface area contributed by atoms with Gasteiger partial charge in [0.1, 0.15) is 5.82 Å². The third-order valence-electron chi connectivity index (χ3n) is 1.98. The van der Waals surface area contributed by atoms with E-state index in [1.807, 2.05) is 0 Å². The minimum atomic E-state index is -0.256. The van der Waals surface area contributed by atoms with Gasteiger partial charge in [0.25, 0.3) is 0 Å². The van der Waals surface area contributed by atoms with Crippen molar-refractivity contribution in [2.45, 2.75) is 20.3 Å². The van der Waals surface area contributed by atoms with Gasteiger partial charge in [-0.1, -0.05) is 13.8 Å². The zero-order chi connectivity index (χ0) is 12.0. The number of rotatable bonds is 4. The van der Waals surface area contributed by atoms with Gasteiger partial charge in [-0.3, -0.25) is 4.99 Å². The minimum Gasteiger partial charge on any atom is -0.402 e. The molecule has 0 heterocycles. The zero-order valence-corrected chi connectivity index (χ0v) is 9.65. The predicted molar refractivity (Wildman–Crippen MR) is 66.3 cm³/mol. The lowest BCUT2D eigenvalue weighted by Crippen LogP contribution is -2.01. The van der Waals surface area contributed by atoms with Crippen molar-refractivity contribution in [1.82, 2.24) is 0 Å². The number of hydrogen-bond acceptors (Lipinski definition) is 2. The van der Waals surface area contributed by atoms with Crippen LogP contribution in [0.5, 0.6) is 0 Å². The van der Waals surface area contributed by atoms with E-state index in [-0.39, 0.29) is 5.82 Å². The first-order valence-electron chi connectivity index (χ1n) is 5.32. The number of benzene rings is 1. The van der Waals surface area contributed by atoms with Crippen LogP contribution in [0.3, 0.4) is 0 Å². The van der Waals surface area contributed by atoms with Crippen molar-refractivity contribution in [3.05, 3.63) is 41.9 Å². The van der Waals surface area contributed by atoms with Crippen molar-refractivity contribution in [2.24, 2.45) is 16.6 Å². The Morgan fingerprint density at radius 2 is 2.00 bits per heavy atom. The molecule has 0 saturated heterocycles. The van der Waals surface area contributed by atoms with Crippen LogP contribution in [0.25, 0.3) is 0 Å². The highest BCUT2D eigenvalue weighted by Gasteiger charge is 1.94. The van der Waals surface area contributed by atoms with Crippen molar-refractivity contribution >= 4 is 11.9 Å². The lowest BCUT2D eigenvalue weighted by molar-refractivity contribution is 0.628. The van der Waals surface area contributed by atoms with Gasteiger partial charge in [0.2, 0.25) is 0 Å². The highest BCUT2D eigenvalue weighted by molar-refractivity contribution is 5.75. The lowest BCUT2D eigenvalue weighted by atomic mass is 10.1. The molecule has 1 rings (SSSR count).